The van der Waals surface area contributed by atoms with E-state index in [2.05, 4.69) is 20.5 Å². The fraction of sp³-hybridized carbons (Fsp3) is 0.417. The van der Waals surface area contributed by atoms with Gasteiger partial charge in [-0.1, -0.05) is 19.1 Å². The number of ether oxygens (including phenoxy) is 5. The summed E-state index contributed by atoms with van der Waals surface area (Å²) in [6.07, 6.45) is 5.15. The SMILES string of the molecule is CCc1nc(C)sc1C(=O)Nc1nc2cc(C(=O)OC)cc(OCCCN3CCOCC3)c2n1C/C=C/CNc1c(N)cc(C(=O)OC)cc1OC. The van der Waals surface area contributed by atoms with Crippen molar-refractivity contribution >= 4 is 57.5 Å². The van der Waals surface area contributed by atoms with Gasteiger partial charge in [0, 0.05) is 32.7 Å². The molecule has 2 aromatic heterocycles. The molecule has 15 nitrogen and oxygen atoms in total. The van der Waals surface area contributed by atoms with Gasteiger partial charge in [-0.05, 0) is 44.0 Å². The summed E-state index contributed by atoms with van der Waals surface area (Å²) in [7, 11) is 4.10. The number of thiazole rings is 1. The molecular formula is C36H45N7O8S. The number of fused-ring (bicyclic) bond motifs is 1. The molecule has 16 heteroatoms. The number of methoxy groups -OCH3 is 3. The third-order valence-corrected chi connectivity index (χ3v) is 9.42. The zero-order valence-corrected chi connectivity index (χ0v) is 30.9. The number of esters is 2. The second-order valence-electron chi connectivity index (χ2n) is 11.8. The van der Waals surface area contributed by atoms with Crippen molar-refractivity contribution in [2.24, 2.45) is 0 Å². The lowest BCUT2D eigenvalue weighted by Gasteiger charge is -2.26. The van der Waals surface area contributed by atoms with Crippen LogP contribution in [0.2, 0.25) is 0 Å². The molecule has 0 radical (unpaired) electrons. The average Bonchev–Trinajstić information content (AvgIpc) is 3.72. The van der Waals surface area contributed by atoms with Crippen molar-refractivity contribution in [2.45, 2.75) is 33.2 Å². The number of rotatable bonds is 16. The van der Waals surface area contributed by atoms with Crippen LogP contribution in [0.1, 0.15) is 54.4 Å². The molecule has 2 aromatic carbocycles. The van der Waals surface area contributed by atoms with E-state index in [1.807, 2.05) is 30.6 Å². The normalized spacial score (nSPS) is 13.3. The van der Waals surface area contributed by atoms with E-state index in [9.17, 15) is 14.4 Å². The molecule has 1 aliphatic heterocycles. The van der Waals surface area contributed by atoms with Crippen molar-refractivity contribution in [2.75, 3.05) is 83.7 Å². The Morgan fingerprint density at radius 1 is 1.00 bits per heavy atom. The highest BCUT2D eigenvalue weighted by atomic mass is 32.1. The summed E-state index contributed by atoms with van der Waals surface area (Å²) >= 11 is 1.32. The Morgan fingerprint density at radius 2 is 1.71 bits per heavy atom. The van der Waals surface area contributed by atoms with Crippen LogP contribution >= 0.6 is 11.3 Å². The summed E-state index contributed by atoms with van der Waals surface area (Å²) in [4.78, 5) is 50.5. The standard InChI is InChI=1S/C36H45N7O8S/c1-6-26-32(52-22(2)39-26)33(44)41-36-40-27-19-24(35(46)49-5)21-29(51-15-9-11-42-13-16-50-17-14-42)31(27)43(36)12-8-7-10-38-30-25(37)18-23(34(45)48-4)20-28(30)47-3/h7-8,18-21,38H,6,9-17,37H2,1-5H3,(H,40,41,44)/b8-7+. The third kappa shape index (κ3) is 8.99. The topological polar surface area (TPSA) is 181 Å². The number of benzene rings is 2. The number of hydrogen-bond donors (Lipinski definition) is 3. The number of nitrogens with two attached hydrogens (primary N) is 1. The Hall–Kier alpha value is -5.19. The van der Waals surface area contributed by atoms with E-state index in [1.54, 1.807) is 18.2 Å². The van der Waals surface area contributed by atoms with Crippen LogP contribution in [0, 0.1) is 6.92 Å². The smallest absolute Gasteiger partial charge is 0.338 e. The van der Waals surface area contributed by atoms with E-state index < -0.39 is 11.9 Å². The quantitative estimate of drug-likeness (QED) is 0.0632. The van der Waals surface area contributed by atoms with Crippen molar-refractivity contribution in [3.63, 3.8) is 0 Å². The zero-order valence-electron chi connectivity index (χ0n) is 30.1. The van der Waals surface area contributed by atoms with E-state index >= 15 is 0 Å². The van der Waals surface area contributed by atoms with Gasteiger partial charge in [-0.15, -0.1) is 11.3 Å². The minimum atomic E-state index is -0.534. The van der Waals surface area contributed by atoms with Crippen LogP contribution in [-0.2, 0) is 27.2 Å². The largest absolute Gasteiger partial charge is 0.494 e. The Bertz CT molecular complexity index is 1930. The number of aromatic nitrogens is 3. The molecule has 5 rings (SSSR count). The fourth-order valence-corrected chi connectivity index (χ4v) is 6.74. The van der Waals surface area contributed by atoms with Crippen LogP contribution < -0.4 is 25.8 Å². The van der Waals surface area contributed by atoms with Crippen molar-refractivity contribution in [3.8, 4) is 11.5 Å². The maximum Gasteiger partial charge on any atom is 0.338 e. The highest BCUT2D eigenvalue weighted by Crippen LogP contribution is 2.34. The van der Waals surface area contributed by atoms with Crippen LogP contribution in [-0.4, -0.2) is 105 Å². The van der Waals surface area contributed by atoms with E-state index in [0.717, 1.165) is 31.1 Å². The number of amides is 1. The molecular weight excluding hydrogens is 691 g/mol. The number of morpholine rings is 1. The molecule has 0 spiro atoms. The first-order valence-corrected chi connectivity index (χ1v) is 17.8. The van der Waals surface area contributed by atoms with E-state index in [-0.39, 0.29) is 29.5 Å². The highest BCUT2D eigenvalue weighted by Gasteiger charge is 2.23. The Kier molecular flexibility index (Phi) is 13.1. The van der Waals surface area contributed by atoms with Gasteiger partial charge in [-0.3, -0.25) is 15.0 Å². The molecule has 1 fully saturated rings. The fourth-order valence-electron chi connectivity index (χ4n) is 5.84. The van der Waals surface area contributed by atoms with Gasteiger partial charge >= 0.3 is 11.9 Å². The second-order valence-corrected chi connectivity index (χ2v) is 13.0. The number of nitrogens with one attached hydrogen (secondary N) is 2. The Labute approximate surface area is 306 Å². The summed E-state index contributed by atoms with van der Waals surface area (Å²) in [6.45, 7) is 8.85. The van der Waals surface area contributed by atoms with Gasteiger partial charge < -0.3 is 39.3 Å². The molecule has 4 aromatic rings. The number of carbonyl (C=O) groups is 3. The molecule has 278 valence electrons. The van der Waals surface area contributed by atoms with Crippen LogP contribution in [0.3, 0.4) is 0 Å². The lowest BCUT2D eigenvalue weighted by Crippen LogP contribution is -2.37. The van der Waals surface area contributed by atoms with Gasteiger partial charge in [0.05, 0.1) is 74.2 Å². The molecule has 4 N–H and O–H groups in total. The minimum absolute atomic E-state index is 0.272. The molecule has 0 bridgehead atoms. The number of nitrogens with zero attached hydrogens (tertiary/aromatic N) is 4. The monoisotopic (exact) mass is 735 g/mol. The van der Waals surface area contributed by atoms with Gasteiger partial charge in [0.2, 0.25) is 5.95 Å². The molecule has 1 saturated heterocycles. The van der Waals surface area contributed by atoms with Gasteiger partial charge in [-0.2, -0.15) is 0 Å². The number of nitrogen functional groups attached to an aromatic ring is 1. The summed E-state index contributed by atoms with van der Waals surface area (Å²) in [5, 5.41) is 7.02. The molecule has 52 heavy (non-hydrogen) atoms. The van der Waals surface area contributed by atoms with Gasteiger partial charge in [0.1, 0.15) is 27.6 Å². The van der Waals surface area contributed by atoms with Crippen molar-refractivity contribution < 1.29 is 38.1 Å². The number of hydrogen-bond acceptors (Lipinski definition) is 14. The van der Waals surface area contributed by atoms with Crippen LogP contribution in [0.5, 0.6) is 11.5 Å². The summed E-state index contributed by atoms with van der Waals surface area (Å²) in [5.41, 5.74) is 9.40. The highest BCUT2D eigenvalue weighted by molar-refractivity contribution is 7.13. The van der Waals surface area contributed by atoms with Crippen LogP contribution in [0.15, 0.2) is 36.4 Å². The molecule has 0 unspecified atom stereocenters. The zero-order chi connectivity index (χ0) is 37.2. The number of carbonyl (C=O) groups excluding carboxylic acids is 3. The first-order valence-electron chi connectivity index (χ1n) is 16.9. The lowest BCUT2D eigenvalue weighted by molar-refractivity contribution is 0.0358. The van der Waals surface area contributed by atoms with E-state index in [1.165, 1.54) is 38.7 Å². The number of anilines is 3. The molecule has 3 heterocycles. The Balaban J connectivity index is 1.44. The summed E-state index contributed by atoms with van der Waals surface area (Å²) in [6, 6.07) is 6.35. The first kappa shape index (κ1) is 38.1. The van der Waals surface area contributed by atoms with E-state index in [0.29, 0.717) is 77.3 Å². The molecule has 0 atom stereocenters. The molecule has 1 amide bonds. The van der Waals surface area contributed by atoms with Gasteiger partial charge in [0.15, 0.2) is 0 Å². The number of allylic oxidation sites excluding steroid dienone is 1. The molecule has 0 aliphatic carbocycles. The van der Waals surface area contributed by atoms with Crippen LogP contribution in [0.4, 0.5) is 17.3 Å². The number of imidazole rings is 1. The minimum Gasteiger partial charge on any atom is -0.494 e. The van der Waals surface area contributed by atoms with Gasteiger partial charge in [0.25, 0.3) is 5.91 Å². The number of aryl methyl sites for hydroxylation is 2. The second kappa shape index (κ2) is 17.8. The maximum absolute atomic E-state index is 13.6. The third-order valence-electron chi connectivity index (χ3n) is 8.40. The van der Waals surface area contributed by atoms with Gasteiger partial charge in [-0.25, -0.2) is 19.6 Å². The Morgan fingerprint density at radius 3 is 2.40 bits per heavy atom. The first-order chi connectivity index (χ1) is 25.2. The van der Waals surface area contributed by atoms with Crippen molar-refractivity contribution in [1.82, 2.24) is 19.4 Å². The molecule has 1 aliphatic rings. The van der Waals surface area contributed by atoms with Crippen molar-refractivity contribution in [3.05, 3.63) is 63.1 Å². The summed E-state index contributed by atoms with van der Waals surface area (Å²) in [5.74, 6) is -0.291. The van der Waals surface area contributed by atoms with E-state index in [4.69, 9.17) is 34.4 Å². The van der Waals surface area contributed by atoms with Crippen molar-refractivity contribution in [1.29, 1.82) is 0 Å². The predicted octanol–water partition coefficient (Wildman–Crippen LogP) is 4.55. The van der Waals surface area contributed by atoms with Crippen LogP contribution in [0.25, 0.3) is 11.0 Å². The molecule has 0 saturated carbocycles. The lowest BCUT2D eigenvalue weighted by atomic mass is 10.1. The summed E-state index contributed by atoms with van der Waals surface area (Å²) < 4.78 is 28.9. The average molecular weight is 736 g/mol. The predicted molar refractivity (Wildman–Crippen MR) is 199 cm³/mol. The maximum atomic E-state index is 13.6.